The second-order valence-corrected chi connectivity index (χ2v) is 3.75. The van der Waals surface area contributed by atoms with Gasteiger partial charge >= 0.3 is 0 Å². The van der Waals surface area contributed by atoms with Crippen LogP contribution in [0, 0.1) is 3.57 Å². The quantitative estimate of drug-likeness (QED) is 0.512. The Labute approximate surface area is 85.3 Å². The molecule has 0 aliphatic rings. The molecule has 12 heavy (non-hydrogen) atoms. The van der Waals surface area contributed by atoms with Crippen LogP contribution in [0.3, 0.4) is 0 Å². The number of hydrogen-bond acceptors (Lipinski definition) is 2. The maximum atomic E-state index is 11.3. The lowest BCUT2D eigenvalue weighted by atomic mass is 10.1. The molecule has 0 radical (unpaired) electrons. The Balaban J connectivity index is 3.13. The van der Waals surface area contributed by atoms with Gasteiger partial charge in [-0.1, -0.05) is 6.92 Å². The lowest BCUT2D eigenvalue weighted by molar-refractivity contribution is 0.0989. The van der Waals surface area contributed by atoms with Crippen molar-refractivity contribution in [3.63, 3.8) is 0 Å². The lowest BCUT2D eigenvalue weighted by Crippen LogP contribution is -2.02. The first kappa shape index (κ1) is 9.51. The summed E-state index contributed by atoms with van der Waals surface area (Å²) in [5.74, 6) is 0.103. The molecule has 0 spiro atoms. The van der Waals surface area contributed by atoms with Crippen LogP contribution in [0.2, 0.25) is 0 Å². The monoisotopic (exact) mass is 275 g/mol. The summed E-state index contributed by atoms with van der Waals surface area (Å²) in [4.78, 5) is 11.3. The largest absolute Gasteiger partial charge is 0.398 e. The Morgan fingerprint density at radius 2 is 2.25 bits per heavy atom. The highest BCUT2D eigenvalue weighted by molar-refractivity contribution is 14.1. The maximum absolute atomic E-state index is 11.3. The number of nitrogen functional groups attached to an aromatic ring is 1. The smallest absolute Gasteiger partial charge is 0.164 e. The summed E-state index contributed by atoms with van der Waals surface area (Å²) < 4.78 is 1.04. The Morgan fingerprint density at radius 1 is 1.58 bits per heavy atom. The van der Waals surface area contributed by atoms with Gasteiger partial charge in [-0.05, 0) is 40.8 Å². The van der Waals surface area contributed by atoms with Crippen LogP contribution in [-0.4, -0.2) is 5.78 Å². The molecular formula is C9H10INO. The second-order valence-electron chi connectivity index (χ2n) is 2.51. The predicted octanol–water partition coefficient (Wildman–Crippen LogP) is 2.47. The van der Waals surface area contributed by atoms with E-state index in [-0.39, 0.29) is 5.78 Å². The average Bonchev–Trinajstić information content (AvgIpc) is 2.08. The van der Waals surface area contributed by atoms with Gasteiger partial charge in [0.25, 0.3) is 0 Å². The lowest BCUT2D eigenvalue weighted by Gasteiger charge is -2.02. The van der Waals surface area contributed by atoms with E-state index in [2.05, 4.69) is 22.6 Å². The summed E-state index contributed by atoms with van der Waals surface area (Å²) in [6.45, 7) is 1.83. The van der Waals surface area contributed by atoms with Crippen LogP contribution in [0.5, 0.6) is 0 Å². The number of benzene rings is 1. The Kier molecular flexibility index (Phi) is 3.08. The van der Waals surface area contributed by atoms with Gasteiger partial charge in [0.1, 0.15) is 0 Å². The highest BCUT2D eigenvalue weighted by Crippen LogP contribution is 2.17. The molecule has 0 aliphatic heterocycles. The van der Waals surface area contributed by atoms with Crippen molar-refractivity contribution < 1.29 is 4.79 Å². The minimum atomic E-state index is 0.103. The van der Waals surface area contributed by atoms with E-state index in [1.165, 1.54) is 0 Å². The van der Waals surface area contributed by atoms with Crippen LogP contribution in [0.4, 0.5) is 5.69 Å². The van der Waals surface area contributed by atoms with Crippen LogP contribution < -0.4 is 5.73 Å². The van der Waals surface area contributed by atoms with Crippen LogP contribution in [0.15, 0.2) is 18.2 Å². The van der Waals surface area contributed by atoms with Crippen molar-refractivity contribution in [3.8, 4) is 0 Å². The molecule has 0 aliphatic carbocycles. The fourth-order valence-corrected chi connectivity index (χ4v) is 1.45. The fraction of sp³-hybridized carbons (Fsp3) is 0.222. The van der Waals surface area contributed by atoms with Crippen molar-refractivity contribution >= 4 is 34.1 Å². The van der Waals surface area contributed by atoms with Crippen molar-refractivity contribution in [1.82, 2.24) is 0 Å². The summed E-state index contributed by atoms with van der Waals surface area (Å²) in [7, 11) is 0. The summed E-state index contributed by atoms with van der Waals surface area (Å²) in [6.07, 6.45) is 0.504. The number of halogens is 1. The van der Waals surface area contributed by atoms with Crippen molar-refractivity contribution in [2.45, 2.75) is 13.3 Å². The molecule has 0 amide bonds. The molecule has 0 saturated heterocycles. The fourth-order valence-electron chi connectivity index (χ4n) is 0.960. The maximum Gasteiger partial charge on any atom is 0.164 e. The summed E-state index contributed by atoms with van der Waals surface area (Å²) in [5.41, 5.74) is 6.86. The minimum absolute atomic E-state index is 0.103. The Morgan fingerprint density at radius 3 is 2.83 bits per heavy atom. The highest BCUT2D eigenvalue weighted by Gasteiger charge is 2.06. The standard InChI is InChI=1S/C9H10INO/c1-2-9(12)7-5-6(10)3-4-8(7)11/h3-5H,2,11H2,1H3. The first-order valence-electron chi connectivity index (χ1n) is 3.73. The molecule has 2 N–H and O–H groups in total. The first-order chi connectivity index (χ1) is 5.65. The molecule has 0 aromatic heterocycles. The zero-order valence-corrected chi connectivity index (χ0v) is 8.96. The number of nitrogens with two attached hydrogens (primary N) is 1. The summed E-state index contributed by atoms with van der Waals surface area (Å²) in [5, 5.41) is 0. The molecule has 0 bridgehead atoms. The topological polar surface area (TPSA) is 43.1 Å². The molecule has 1 aromatic carbocycles. The third-order valence-electron chi connectivity index (χ3n) is 1.64. The average molecular weight is 275 g/mol. The van der Waals surface area contributed by atoms with Crippen LogP contribution in [-0.2, 0) is 0 Å². The normalized spacial score (nSPS) is 9.83. The SMILES string of the molecule is CCC(=O)c1cc(I)ccc1N. The van der Waals surface area contributed by atoms with Crippen LogP contribution in [0.1, 0.15) is 23.7 Å². The number of rotatable bonds is 2. The van der Waals surface area contributed by atoms with E-state index in [0.29, 0.717) is 17.7 Å². The first-order valence-corrected chi connectivity index (χ1v) is 4.81. The number of anilines is 1. The van der Waals surface area contributed by atoms with E-state index < -0.39 is 0 Å². The molecule has 0 saturated carbocycles. The molecule has 0 heterocycles. The van der Waals surface area contributed by atoms with E-state index >= 15 is 0 Å². The third kappa shape index (κ3) is 1.97. The molecular weight excluding hydrogens is 265 g/mol. The number of carbonyl (C=O) groups is 1. The van der Waals surface area contributed by atoms with Crippen molar-refractivity contribution in [2.24, 2.45) is 0 Å². The van der Waals surface area contributed by atoms with Gasteiger partial charge < -0.3 is 5.73 Å². The number of hydrogen-bond donors (Lipinski definition) is 1. The molecule has 0 fully saturated rings. The summed E-state index contributed by atoms with van der Waals surface area (Å²) >= 11 is 2.16. The van der Waals surface area contributed by atoms with Gasteiger partial charge in [-0.3, -0.25) is 4.79 Å². The van der Waals surface area contributed by atoms with Gasteiger partial charge in [-0.2, -0.15) is 0 Å². The number of Topliss-reactive ketones (excluding diaryl/α,β-unsaturated/α-hetero) is 1. The predicted molar refractivity (Wildman–Crippen MR) is 58.2 cm³/mol. The molecule has 0 atom stereocenters. The van der Waals surface area contributed by atoms with Gasteiger partial charge in [0.2, 0.25) is 0 Å². The zero-order valence-electron chi connectivity index (χ0n) is 6.80. The molecule has 64 valence electrons. The van der Waals surface area contributed by atoms with E-state index in [0.717, 1.165) is 3.57 Å². The summed E-state index contributed by atoms with van der Waals surface area (Å²) in [6, 6.07) is 5.48. The molecule has 0 unspecified atom stereocenters. The molecule has 1 aromatic rings. The van der Waals surface area contributed by atoms with Gasteiger partial charge in [-0.15, -0.1) is 0 Å². The molecule has 3 heteroatoms. The highest BCUT2D eigenvalue weighted by atomic mass is 127. The van der Waals surface area contributed by atoms with Gasteiger partial charge in [0.15, 0.2) is 5.78 Å². The van der Waals surface area contributed by atoms with Crippen LogP contribution >= 0.6 is 22.6 Å². The molecule has 1 rings (SSSR count). The number of carbonyl (C=O) groups excluding carboxylic acids is 1. The van der Waals surface area contributed by atoms with E-state index in [4.69, 9.17) is 5.73 Å². The number of ketones is 1. The van der Waals surface area contributed by atoms with Crippen molar-refractivity contribution in [3.05, 3.63) is 27.3 Å². The van der Waals surface area contributed by atoms with E-state index in [1.54, 1.807) is 6.07 Å². The molecule has 2 nitrogen and oxygen atoms in total. The van der Waals surface area contributed by atoms with Crippen molar-refractivity contribution in [2.75, 3.05) is 5.73 Å². The minimum Gasteiger partial charge on any atom is -0.398 e. The van der Waals surface area contributed by atoms with Gasteiger partial charge in [0.05, 0.1) is 0 Å². The van der Waals surface area contributed by atoms with Gasteiger partial charge in [-0.25, -0.2) is 0 Å². The second kappa shape index (κ2) is 3.89. The van der Waals surface area contributed by atoms with E-state index in [9.17, 15) is 4.79 Å². The van der Waals surface area contributed by atoms with E-state index in [1.807, 2.05) is 19.1 Å². The van der Waals surface area contributed by atoms with Crippen molar-refractivity contribution in [1.29, 1.82) is 0 Å². The zero-order chi connectivity index (χ0) is 9.14. The third-order valence-corrected chi connectivity index (χ3v) is 2.31. The van der Waals surface area contributed by atoms with Crippen LogP contribution in [0.25, 0.3) is 0 Å². The Hall–Kier alpha value is -0.580. The van der Waals surface area contributed by atoms with Gasteiger partial charge in [0, 0.05) is 21.2 Å². The Bertz CT molecular complexity index is 309.